The van der Waals surface area contributed by atoms with Crippen LogP contribution in [0.5, 0.6) is 0 Å². The molecule has 0 aromatic heterocycles. The van der Waals surface area contributed by atoms with Crippen molar-refractivity contribution >= 4 is 17.7 Å². The number of hydrogen-bond donors (Lipinski definition) is 1. The minimum absolute atomic E-state index is 0.0728. The summed E-state index contributed by atoms with van der Waals surface area (Å²) in [6.45, 7) is 3.48. The summed E-state index contributed by atoms with van der Waals surface area (Å²) in [7, 11) is 0. The fourth-order valence-corrected chi connectivity index (χ4v) is 3.01. The lowest BCUT2D eigenvalue weighted by molar-refractivity contribution is -0.135. The van der Waals surface area contributed by atoms with Gasteiger partial charge in [0.1, 0.15) is 5.54 Å². The lowest BCUT2D eigenvalue weighted by Crippen LogP contribution is -2.47. The van der Waals surface area contributed by atoms with Crippen LogP contribution in [0.2, 0.25) is 0 Å². The second-order valence-corrected chi connectivity index (χ2v) is 6.29. The van der Waals surface area contributed by atoms with Gasteiger partial charge in [-0.3, -0.25) is 14.5 Å². The molecule has 3 amide bonds. The zero-order chi connectivity index (χ0) is 14.8. The van der Waals surface area contributed by atoms with Crippen molar-refractivity contribution in [1.82, 2.24) is 10.2 Å². The Bertz CT molecular complexity index is 409. The van der Waals surface area contributed by atoms with Gasteiger partial charge in [-0.2, -0.15) is 0 Å². The number of nitrogens with zero attached hydrogens (tertiary/aromatic N) is 1. The molecule has 5 nitrogen and oxygen atoms in total. The molecule has 2 rings (SSSR count). The molecule has 0 bridgehead atoms. The van der Waals surface area contributed by atoms with Crippen LogP contribution in [-0.2, 0) is 9.59 Å². The van der Waals surface area contributed by atoms with E-state index in [4.69, 9.17) is 0 Å². The number of urea groups is 1. The number of imide groups is 1. The van der Waals surface area contributed by atoms with Crippen molar-refractivity contribution < 1.29 is 14.4 Å². The molecule has 2 fully saturated rings. The summed E-state index contributed by atoms with van der Waals surface area (Å²) in [5.74, 6) is -0.431. The molecule has 1 saturated heterocycles. The predicted molar refractivity (Wildman–Crippen MR) is 75.1 cm³/mol. The molecule has 5 heteroatoms. The molecular weight excluding hydrogens is 256 g/mol. The van der Waals surface area contributed by atoms with Crippen LogP contribution in [0, 0.1) is 5.92 Å². The van der Waals surface area contributed by atoms with Gasteiger partial charge in [-0.15, -0.1) is 0 Å². The molecule has 1 N–H and O–H groups in total. The first-order chi connectivity index (χ1) is 9.46. The third-order valence-electron chi connectivity index (χ3n) is 4.41. The summed E-state index contributed by atoms with van der Waals surface area (Å²) in [5.41, 5.74) is -0.741. The third kappa shape index (κ3) is 2.86. The van der Waals surface area contributed by atoms with E-state index in [0.717, 1.165) is 30.6 Å². The molecule has 0 radical (unpaired) electrons. The maximum atomic E-state index is 12.6. The predicted octanol–water partition coefficient (Wildman–Crippen LogP) is 2.25. The van der Waals surface area contributed by atoms with Crippen LogP contribution in [0.25, 0.3) is 0 Å². The second-order valence-electron chi connectivity index (χ2n) is 6.29. The first-order valence-corrected chi connectivity index (χ1v) is 7.63. The van der Waals surface area contributed by atoms with Crippen molar-refractivity contribution in [3.63, 3.8) is 0 Å². The van der Waals surface area contributed by atoms with Crippen molar-refractivity contribution in [1.29, 1.82) is 0 Å². The largest absolute Gasteiger partial charge is 0.325 e. The Kier molecular flexibility index (Phi) is 4.45. The van der Waals surface area contributed by atoms with Crippen LogP contribution >= 0.6 is 0 Å². The van der Waals surface area contributed by atoms with E-state index in [2.05, 4.69) is 5.32 Å². The zero-order valence-corrected chi connectivity index (χ0v) is 12.4. The van der Waals surface area contributed by atoms with E-state index >= 15 is 0 Å². The zero-order valence-electron chi connectivity index (χ0n) is 12.4. The van der Waals surface area contributed by atoms with Crippen LogP contribution < -0.4 is 5.32 Å². The van der Waals surface area contributed by atoms with Crippen LogP contribution in [0.3, 0.4) is 0 Å². The molecule has 0 aromatic rings. The van der Waals surface area contributed by atoms with E-state index in [1.807, 2.05) is 0 Å². The standard InChI is InChI=1S/C15H24N2O3/c1-11(2)12(18)10-17-13(19)15(16-14(17)20)8-6-4-3-5-7-9-15/h11H,3-10H2,1-2H3,(H,16,20). The molecular formula is C15H24N2O3. The monoisotopic (exact) mass is 280 g/mol. The molecule has 2 aliphatic rings. The highest BCUT2D eigenvalue weighted by Gasteiger charge is 2.50. The number of ketones is 1. The minimum Gasteiger partial charge on any atom is -0.323 e. The average Bonchev–Trinajstić information content (AvgIpc) is 2.59. The second kappa shape index (κ2) is 5.94. The highest BCUT2D eigenvalue weighted by molar-refractivity contribution is 6.09. The maximum absolute atomic E-state index is 12.6. The Morgan fingerprint density at radius 1 is 1.15 bits per heavy atom. The van der Waals surface area contributed by atoms with Crippen LogP contribution in [-0.4, -0.2) is 34.7 Å². The Hall–Kier alpha value is -1.39. The SMILES string of the molecule is CC(C)C(=O)CN1C(=O)NC2(CCCCCCC2)C1=O. The highest BCUT2D eigenvalue weighted by Crippen LogP contribution is 2.32. The molecule has 1 spiro atoms. The molecule has 0 unspecified atom stereocenters. The lowest BCUT2D eigenvalue weighted by atomic mass is 9.84. The van der Waals surface area contributed by atoms with E-state index in [1.54, 1.807) is 13.8 Å². The van der Waals surface area contributed by atoms with Gasteiger partial charge in [0.05, 0.1) is 6.54 Å². The molecule has 1 heterocycles. The highest BCUT2D eigenvalue weighted by atomic mass is 16.2. The fraction of sp³-hybridized carbons (Fsp3) is 0.800. The van der Waals surface area contributed by atoms with Gasteiger partial charge in [-0.1, -0.05) is 46.0 Å². The number of carbonyl (C=O) groups is 3. The van der Waals surface area contributed by atoms with Gasteiger partial charge in [0, 0.05) is 5.92 Å². The summed E-state index contributed by atoms with van der Waals surface area (Å²) in [5, 5.41) is 2.87. The quantitative estimate of drug-likeness (QED) is 0.806. The van der Waals surface area contributed by atoms with E-state index in [0.29, 0.717) is 12.8 Å². The number of hydrogen-bond acceptors (Lipinski definition) is 3. The topological polar surface area (TPSA) is 66.5 Å². The average molecular weight is 280 g/mol. The molecule has 0 atom stereocenters. The lowest BCUT2D eigenvalue weighted by Gasteiger charge is -2.28. The molecule has 1 aliphatic carbocycles. The number of rotatable bonds is 3. The first-order valence-electron chi connectivity index (χ1n) is 7.63. The van der Waals surface area contributed by atoms with Crippen LogP contribution in [0.15, 0.2) is 0 Å². The number of amides is 3. The van der Waals surface area contributed by atoms with Gasteiger partial charge < -0.3 is 5.32 Å². The van der Waals surface area contributed by atoms with E-state index < -0.39 is 11.6 Å². The molecule has 1 saturated carbocycles. The van der Waals surface area contributed by atoms with E-state index in [-0.39, 0.29) is 24.2 Å². The van der Waals surface area contributed by atoms with Crippen molar-refractivity contribution in [3.05, 3.63) is 0 Å². The summed E-state index contributed by atoms with van der Waals surface area (Å²) < 4.78 is 0. The van der Waals surface area contributed by atoms with Crippen molar-refractivity contribution in [2.24, 2.45) is 5.92 Å². The smallest absolute Gasteiger partial charge is 0.323 e. The van der Waals surface area contributed by atoms with Crippen molar-refractivity contribution in [2.45, 2.75) is 64.3 Å². The van der Waals surface area contributed by atoms with Gasteiger partial charge in [0.25, 0.3) is 5.91 Å². The van der Waals surface area contributed by atoms with Gasteiger partial charge in [-0.25, -0.2) is 4.79 Å². The molecule has 0 aromatic carbocycles. The third-order valence-corrected chi connectivity index (χ3v) is 4.41. The summed E-state index contributed by atoms with van der Waals surface area (Å²) in [6.07, 6.45) is 6.73. The van der Waals surface area contributed by atoms with Crippen molar-refractivity contribution in [3.8, 4) is 0 Å². The summed E-state index contributed by atoms with van der Waals surface area (Å²) in [6, 6.07) is -0.399. The Balaban J connectivity index is 2.12. The fourth-order valence-electron chi connectivity index (χ4n) is 3.01. The minimum atomic E-state index is -0.741. The van der Waals surface area contributed by atoms with Gasteiger partial charge in [0.2, 0.25) is 0 Å². The first kappa shape index (κ1) is 15.0. The molecule has 1 aliphatic heterocycles. The number of nitrogens with one attached hydrogen (secondary N) is 1. The van der Waals surface area contributed by atoms with Gasteiger partial charge in [-0.05, 0) is 12.8 Å². The van der Waals surface area contributed by atoms with E-state index in [9.17, 15) is 14.4 Å². The number of Topliss-reactive ketones (excluding diaryl/α,β-unsaturated/α-hetero) is 1. The molecule has 20 heavy (non-hydrogen) atoms. The normalized spacial score (nSPS) is 22.9. The Labute approximate surface area is 120 Å². The summed E-state index contributed by atoms with van der Waals surface area (Å²) in [4.78, 5) is 37.6. The maximum Gasteiger partial charge on any atom is 0.325 e. The Morgan fingerprint density at radius 3 is 2.25 bits per heavy atom. The van der Waals surface area contributed by atoms with Crippen LogP contribution in [0.1, 0.15) is 58.8 Å². The summed E-state index contributed by atoms with van der Waals surface area (Å²) >= 11 is 0. The van der Waals surface area contributed by atoms with Gasteiger partial charge in [0.15, 0.2) is 5.78 Å². The molecule has 112 valence electrons. The van der Waals surface area contributed by atoms with Crippen LogP contribution in [0.4, 0.5) is 4.79 Å². The Morgan fingerprint density at radius 2 is 1.70 bits per heavy atom. The van der Waals surface area contributed by atoms with E-state index in [1.165, 1.54) is 6.42 Å². The van der Waals surface area contributed by atoms with Crippen molar-refractivity contribution in [2.75, 3.05) is 6.54 Å². The number of carbonyl (C=O) groups excluding carboxylic acids is 3. The van der Waals surface area contributed by atoms with Gasteiger partial charge >= 0.3 is 6.03 Å².